The first-order valence-electron chi connectivity index (χ1n) is 11.6. The van der Waals surface area contributed by atoms with Gasteiger partial charge in [-0.05, 0) is 37.0 Å². The molecule has 0 N–H and O–H groups in total. The predicted octanol–water partition coefficient (Wildman–Crippen LogP) is 4.86. The van der Waals surface area contributed by atoms with Gasteiger partial charge in [0.25, 0.3) is 5.69 Å². The van der Waals surface area contributed by atoms with E-state index in [1.807, 2.05) is 6.07 Å². The van der Waals surface area contributed by atoms with E-state index in [1.165, 1.54) is 24.6 Å². The van der Waals surface area contributed by atoms with Gasteiger partial charge in [-0.15, -0.1) is 0 Å². The van der Waals surface area contributed by atoms with E-state index in [2.05, 4.69) is 9.80 Å². The molecule has 3 heterocycles. The lowest BCUT2D eigenvalue weighted by atomic mass is 10.1. The molecule has 2 aromatic carbocycles. The highest BCUT2D eigenvalue weighted by Crippen LogP contribution is 2.33. The zero-order valence-corrected chi connectivity index (χ0v) is 18.8. The Kier molecular flexibility index (Phi) is 6.35. The summed E-state index contributed by atoms with van der Waals surface area (Å²) in [6.45, 7) is 3.71. The van der Waals surface area contributed by atoms with Crippen molar-refractivity contribution >= 4 is 11.6 Å². The number of ether oxygens (including phenoxy) is 1. The van der Waals surface area contributed by atoms with Crippen LogP contribution in [0.15, 0.2) is 48.5 Å². The second kappa shape index (κ2) is 9.72. The molecule has 2 aliphatic rings. The van der Waals surface area contributed by atoms with Crippen LogP contribution in [0, 0.1) is 15.9 Å². The van der Waals surface area contributed by atoms with E-state index in [4.69, 9.17) is 14.7 Å². The third kappa shape index (κ3) is 4.99. The number of piperidine rings is 1. The Balaban J connectivity index is 1.44. The van der Waals surface area contributed by atoms with Gasteiger partial charge < -0.3 is 9.64 Å². The maximum atomic E-state index is 13.8. The largest absolute Gasteiger partial charge is 0.438 e. The number of rotatable bonds is 6. The summed E-state index contributed by atoms with van der Waals surface area (Å²) in [5.74, 6) is 1.13. The number of non-ortho nitro benzene ring substituents is 1. The minimum absolute atomic E-state index is 0.0829. The monoisotopic (exact) mass is 463 g/mol. The number of nitro groups is 1. The Bertz CT molecular complexity index is 1200. The first-order chi connectivity index (χ1) is 16.5. The molecular formula is C25H26FN5O3. The maximum Gasteiger partial charge on any atom is 0.269 e. The van der Waals surface area contributed by atoms with Gasteiger partial charge in [-0.1, -0.05) is 18.2 Å². The van der Waals surface area contributed by atoms with Crippen molar-refractivity contribution in [1.82, 2.24) is 14.9 Å². The lowest BCUT2D eigenvalue weighted by Gasteiger charge is -2.31. The van der Waals surface area contributed by atoms with Crippen LogP contribution in [-0.2, 0) is 19.5 Å². The van der Waals surface area contributed by atoms with Crippen LogP contribution in [-0.4, -0.2) is 39.4 Å². The van der Waals surface area contributed by atoms with Crippen LogP contribution in [0.2, 0.25) is 0 Å². The van der Waals surface area contributed by atoms with E-state index in [0.29, 0.717) is 37.1 Å². The smallest absolute Gasteiger partial charge is 0.269 e. The molecule has 0 spiro atoms. The van der Waals surface area contributed by atoms with Crippen molar-refractivity contribution < 1.29 is 14.1 Å². The van der Waals surface area contributed by atoms with E-state index < -0.39 is 0 Å². The first-order valence-corrected chi connectivity index (χ1v) is 11.6. The van der Waals surface area contributed by atoms with Crippen LogP contribution < -0.4 is 9.64 Å². The lowest BCUT2D eigenvalue weighted by molar-refractivity contribution is -0.384. The Morgan fingerprint density at radius 1 is 1.03 bits per heavy atom. The molecule has 9 heteroatoms. The molecule has 176 valence electrons. The van der Waals surface area contributed by atoms with E-state index in [9.17, 15) is 14.5 Å². The van der Waals surface area contributed by atoms with Crippen molar-refractivity contribution in [2.75, 3.05) is 24.5 Å². The molecule has 1 aromatic heterocycles. The zero-order valence-electron chi connectivity index (χ0n) is 18.8. The molecule has 0 bridgehead atoms. The molecule has 0 radical (unpaired) electrons. The SMILES string of the molecule is O=[N+]([O-])c1cccc(CN2CCc3nc(N4CCCCC4)nc(Oc4cccc(F)c4)c3C2)c1. The van der Waals surface area contributed by atoms with Crippen molar-refractivity contribution in [3.8, 4) is 11.6 Å². The lowest BCUT2D eigenvalue weighted by Crippen LogP contribution is -2.34. The second-order valence-electron chi connectivity index (χ2n) is 8.75. The summed E-state index contributed by atoms with van der Waals surface area (Å²) >= 11 is 0. The molecule has 0 atom stereocenters. The normalized spacial score (nSPS) is 16.2. The number of benzene rings is 2. The molecule has 0 saturated carbocycles. The number of nitro benzene ring substituents is 1. The molecule has 0 amide bonds. The number of halogens is 1. The number of hydrogen-bond donors (Lipinski definition) is 0. The Labute approximate surface area is 197 Å². The van der Waals surface area contributed by atoms with Crippen molar-refractivity contribution in [3.05, 3.63) is 81.3 Å². The highest BCUT2D eigenvalue weighted by Gasteiger charge is 2.26. The molecule has 1 saturated heterocycles. The third-order valence-corrected chi connectivity index (χ3v) is 6.27. The van der Waals surface area contributed by atoms with Crippen molar-refractivity contribution in [2.24, 2.45) is 0 Å². The number of aromatic nitrogens is 2. The summed E-state index contributed by atoms with van der Waals surface area (Å²) in [5, 5.41) is 11.1. The molecule has 0 aliphatic carbocycles. The average molecular weight is 464 g/mol. The molecule has 1 fully saturated rings. The number of anilines is 1. The zero-order chi connectivity index (χ0) is 23.5. The van der Waals surface area contributed by atoms with Gasteiger partial charge in [0.1, 0.15) is 11.6 Å². The molecule has 5 rings (SSSR count). The predicted molar refractivity (Wildman–Crippen MR) is 125 cm³/mol. The summed E-state index contributed by atoms with van der Waals surface area (Å²) in [4.78, 5) is 24.8. The number of fused-ring (bicyclic) bond motifs is 1. The van der Waals surface area contributed by atoms with Crippen LogP contribution in [0.1, 0.15) is 36.1 Å². The van der Waals surface area contributed by atoms with Gasteiger partial charge in [0.15, 0.2) is 0 Å². The maximum absolute atomic E-state index is 13.8. The van der Waals surface area contributed by atoms with Crippen LogP contribution in [0.4, 0.5) is 16.0 Å². The average Bonchev–Trinajstić information content (AvgIpc) is 2.85. The van der Waals surface area contributed by atoms with Gasteiger partial charge >= 0.3 is 0 Å². The second-order valence-corrected chi connectivity index (χ2v) is 8.75. The first kappa shape index (κ1) is 22.2. The standard InChI is InChI=1S/C25H26FN5O3/c26-19-7-5-9-21(15-19)34-24-22-17-29(16-18-6-4-8-20(14-18)31(32)33)13-10-23(22)27-25(28-24)30-11-2-1-3-12-30/h4-9,14-15H,1-3,10-13,16-17H2. The van der Waals surface area contributed by atoms with Gasteiger partial charge in [-0.2, -0.15) is 4.98 Å². The topological polar surface area (TPSA) is 84.6 Å². The molecule has 3 aromatic rings. The van der Waals surface area contributed by atoms with Crippen molar-refractivity contribution in [1.29, 1.82) is 0 Å². The van der Waals surface area contributed by atoms with Gasteiger partial charge in [0.05, 0.1) is 16.2 Å². The molecule has 8 nitrogen and oxygen atoms in total. The quantitative estimate of drug-likeness (QED) is 0.381. The highest BCUT2D eigenvalue weighted by molar-refractivity contribution is 5.44. The van der Waals surface area contributed by atoms with Crippen molar-refractivity contribution in [3.63, 3.8) is 0 Å². The highest BCUT2D eigenvalue weighted by atomic mass is 19.1. The van der Waals surface area contributed by atoms with Gasteiger partial charge in [-0.25, -0.2) is 9.37 Å². The number of nitrogens with zero attached hydrogens (tertiary/aromatic N) is 5. The Morgan fingerprint density at radius 3 is 2.65 bits per heavy atom. The fourth-order valence-electron chi connectivity index (χ4n) is 4.55. The van der Waals surface area contributed by atoms with Gasteiger partial charge in [-0.3, -0.25) is 15.0 Å². The molecule has 2 aliphatic heterocycles. The third-order valence-electron chi connectivity index (χ3n) is 6.27. The Hall–Kier alpha value is -3.59. The van der Waals surface area contributed by atoms with Crippen LogP contribution >= 0.6 is 0 Å². The van der Waals surface area contributed by atoms with Gasteiger partial charge in [0, 0.05) is 57.3 Å². The van der Waals surface area contributed by atoms with Crippen LogP contribution in [0.25, 0.3) is 0 Å². The minimum Gasteiger partial charge on any atom is -0.438 e. The molecular weight excluding hydrogens is 437 g/mol. The van der Waals surface area contributed by atoms with E-state index >= 15 is 0 Å². The summed E-state index contributed by atoms with van der Waals surface area (Å²) in [7, 11) is 0. The van der Waals surface area contributed by atoms with Crippen molar-refractivity contribution in [2.45, 2.75) is 38.8 Å². The minimum atomic E-state index is -0.379. The van der Waals surface area contributed by atoms with Crippen LogP contribution in [0.3, 0.4) is 0 Å². The fourth-order valence-corrected chi connectivity index (χ4v) is 4.55. The van der Waals surface area contributed by atoms with Gasteiger partial charge in [0.2, 0.25) is 11.8 Å². The summed E-state index contributed by atoms with van der Waals surface area (Å²) in [5.41, 5.74) is 2.77. The van der Waals surface area contributed by atoms with E-state index in [-0.39, 0.29) is 16.4 Å². The van der Waals surface area contributed by atoms with E-state index in [0.717, 1.165) is 49.3 Å². The Morgan fingerprint density at radius 2 is 1.85 bits per heavy atom. The summed E-state index contributed by atoms with van der Waals surface area (Å²) in [6, 6.07) is 12.7. The molecule has 0 unspecified atom stereocenters. The molecule has 34 heavy (non-hydrogen) atoms. The van der Waals surface area contributed by atoms with E-state index in [1.54, 1.807) is 24.3 Å². The summed E-state index contributed by atoms with van der Waals surface area (Å²) < 4.78 is 19.9. The van der Waals surface area contributed by atoms with Crippen LogP contribution in [0.5, 0.6) is 11.6 Å². The summed E-state index contributed by atoms with van der Waals surface area (Å²) in [6.07, 6.45) is 4.14. The number of hydrogen-bond acceptors (Lipinski definition) is 7. The fraction of sp³-hybridized carbons (Fsp3) is 0.360.